The Morgan fingerprint density at radius 3 is 2.50 bits per heavy atom. The van der Waals surface area contributed by atoms with Gasteiger partial charge in [0.25, 0.3) is 0 Å². The van der Waals surface area contributed by atoms with E-state index < -0.39 is 0 Å². The minimum absolute atomic E-state index is 0.0410. The lowest BCUT2D eigenvalue weighted by molar-refractivity contribution is -0.130. The summed E-state index contributed by atoms with van der Waals surface area (Å²) in [5.41, 5.74) is 0.979. The van der Waals surface area contributed by atoms with Crippen molar-refractivity contribution >= 4 is 5.91 Å². The van der Waals surface area contributed by atoms with Gasteiger partial charge in [-0.1, -0.05) is 42.5 Å². The first-order valence-electron chi connectivity index (χ1n) is 7.24. The fourth-order valence-corrected chi connectivity index (χ4v) is 2.12. The van der Waals surface area contributed by atoms with E-state index >= 15 is 0 Å². The van der Waals surface area contributed by atoms with Gasteiger partial charge < -0.3 is 9.32 Å². The first-order valence-corrected chi connectivity index (χ1v) is 7.24. The Balaban J connectivity index is 1.94. The van der Waals surface area contributed by atoms with Crippen LogP contribution < -0.4 is 0 Å². The normalized spacial score (nSPS) is 10.2. The summed E-state index contributed by atoms with van der Waals surface area (Å²) in [6, 6.07) is 9.77. The predicted octanol–water partition coefficient (Wildman–Crippen LogP) is 3.47. The molecule has 2 rings (SSSR count). The minimum Gasteiger partial charge on any atom is -0.441 e. The third-order valence-corrected chi connectivity index (χ3v) is 3.22. The third-order valence-electron chi connectivity index (χ3n) is 3.22. The van der Waals surface area contributed by atoms with Crippen LogP contribution in [0.2, 0.25) is 0 Å². The van der Waals surface area contributed by atoms with Gasteiger partial charge in [-0.05, 0) is 0 Å². The van der Waals surface area contributed by atoms with Gasteiger partial charge in [0.2, 0.25) is 5.91 Å². The maximum absolute atomic E-state index is 12.1. The van der Waals surface area contributed by atoms with E-state index in [2.05, 4.69) is 18.1 Å². The lowest BCUT2D eigenvalue weighted by Gasteiger charge is -2.18. The van der Waals surface area contributed by atoms with Crippen LogP contribution in [0.15, 0.2) is 66.3 Å². The SMILES string of the molecule is C=CCN(CC=C)C(=O)CCc1ncc(-c2ccccc2)o1. The average molecular weight is 296 g/mol. The van der Waals surface area contributed by atoms with Crippen molar-refractivity contribution in [1.29, 1.82) is 0 Å². The van der Waals surface area contributed by atoms with Crippen LogP contribution in [0, 0.1) is 0 Å². The van der Waals surface area contributed by atoms with Crippen LogP contribution in [0.5, 0.6) is 0 Å². The number of hydrogen-bond donors (Lipinski definition) is 0. The first-order chi connectivity index (χ1) is 10.7. The topological polar surface area (TPSA) is 46.3 Å². The molecule has 22 heavy (non-hydrogen) atoms. The summed E-state index contributed by atoms with van der Waals surface area (Å²) in [5, 5.41) is 0. The molecule has 0 saturated heterocycles. The molecule has 1 aromatic carbocycles. The maximum atomic E-state index is 12.1. The number of carbonyl (C=O) groups excluding carboxylic acids is 1. The van der Waals surface area contributed by atoms with Gasteiger partial charge >= 0.3 is 0 Å². The molecule has 0 radical (unpaired) electrons. The Kier molecular flexibility index (Phi) is 5.72. The van der Waals surface area contributed by atoms with E-state index in [4.69, 9.17) is 4.42 Å². The van der Waals surface area contributed by atoms with Crippen molar-refractivity contribution in [1.82, 2.24) is 9.88 Å². The Hall–Kier alpha value is -2.62. The van der Waals surface area contributed by atoms with E-state index in [-0.39, 0.29) is 5.91 Å². The molecular formula is C18H20N2O2. The molecule has 0 fully saturated rings. The number of nitrogens with zero attached hydrogens (tertiary/aromatic N) is 2. The molecule has 0 aliphatic heterocycles. The number of aromatic nitrogens is 1. The molecule has 0 aliphatic carbocycles. The Labute approximate surface area is 130 Å². The molecule has 1 aromatic heterocycles. The lowest BCUT2D eigenvalue weighted by Crippen LogP contribution is -2.31. The largest absolute Gasteiger partial charge is 0.441 e. The molecule has 4 heteroatoms. The smallest absolute Gasteiger partial charge is 0.223 e. The number of oxazole rings is 1. The molecule has 0 aliphatic rings. The van der Waals surface area contributed by atoms with Gasteiger partial charge in [-0.2, -0.15) is 0 Å². The van der Waals surface area contributed by atoms with Crippen LogP contribution in [-0.4, -0.2) is 28.9 Å². The molecule has 2 aromatic rings. The van der Waals surface area contributed by atoms with Crippen molar-refractivity contribution in [2.75, 3.05) is 13.1 Å². The van der Waals surface area contributed by atoms with Crippen molar-refractivity contribution in [3.63, 3.8) is 0 Å². The van der Waals surface area contributed by atoms with Crippen molar-refractivity contribution in [3.8, 4) is 11.3 Å². The van der Waals surface area contributed by atoms with Gasteiger partial charge in [0.15, 0.2) is 11.7 Å². The molecule has 0 unspecified atom stereocenters. The highest BCUT2D eigenvalue weighted by molar-refractivity contribution is 5.76. The van der Waals surface area contributed by atoms with E-state index in [9.17, 15) is 4.79 Å². The highest BCUT2D eigenvalue weighted by atomic mass is 16.4. The molecule has 0 spiro atoms. The zero-order valence-corrected chi connectivity index (χ0v) is 12.6. The van der Waals surface area contributed by atoms with E-state index in [1.165, 1.54) is 0 Å². The Bertz CT molecular complexity index is 622. The average Bonchev–Trinajstić information content (AvgIpc) is 3.02. The molecule has 1 heterocycles. The van der Waals surface area contributed by atoms with Gasteiger partial charge in [0.1, 0.15) is 0 Å². The molecule has 0 N–H and O–H groups in total. The summed E-state index contributed by atoms with van der Waals surface area (Å²) in [6.07, 6.45) is 5.95. The molecule has 0 atom stereocenters. The number of aryl methyl sites for hydroxylation is 1. The summed E-state index contributed by atoms with van der Waals surface area (Å²) in [4.78, 5) is 18.1. The standard InChI is InChI=1S/C18H20N2O2/c1-3-12-20(13-4-2)18(21)11-10-17-19-14-16(22-17)15-8-6-5-7-9-15/h3-9,14H,1-2,10-13H2. The maximum Gasteiger partial charge on any atom is 0.223 e. The summed E-state index contributed by atoms with van der Waals surface area (Å²) >= 11 is 0. The van der Waals surface area contributed by atoms with Crippen LogP contribution in [0.1, 0.15) is 12.3 Å². The van der Waals surface area contributed by atoms with Crippen molar-refractivity contribution < 1.29 is 9.21 Å². The zero-order chi connectivity index (χ0) is 15.8. The van der Waals surface area contributed by atoms with Crippen LogP contribution in [0.3, 0.4) is 0 Å². The molecular weight excluding hydrogens is 276 g/mol. The lowest BCUT2D eigenvalue weighted by atomic mass is 10.2. The Morgan fingerprint density at radius 1 is 1.18 bits per heavy atom. The van der Waals surface area contributed by atoms with E-state index in [0.717, 1.165) is 11.3 Å². The Morgan fingerprint density at radius 2 is 1.86 bits per heavy atom. The third kappa shape index (κ3) is 4.19. The molecule has 114 valence electrons. The number of amides is 1. The zero-order valence-electron chi connectivity index (χ0n) is 12.6. The van der Waals surface area contributed by atoms with Gasteiger partial charge in [-0.3, -0.25) is 4.79 Å². The molecule has 0 bridgehead atoms. The highest BCUT2D eigenvalue weighted by Crippen LogP contribution is 2.20. The van der Waals surface area contributed by atoms with Crippen LogP contribution in [-0.2, 0) is 11.2 Å². The molecule has 4 nitrogen and oxygen atoms in total. The fraction of sp³-hybridized carbons (Fsp3) is 0.222. The second kappa shape index (κ2) is 7.98. The second-order valence-electron chi connectivity index (χ2n) is 4.86. The monoisotopic (exact) mass is 296 g/mol. The number of hydrogen-bond acceptors (Lipinski definition) is 3. The van der Waals surface area contributed by atoms with Crippen LogP contribution >= 0.6 is 0 Å². The quantitative estimate of drug-likeness (QED) is 0.701. The predicted molar refractivity (Wildman–Crippen MR) is 87.2 cm³/mol. The summed E-state index contributed by atoms with van der Waals surface area (Å²) < 4.78 is 5.70. The van der Waals surface area contributed by atoms with E-state index in [0.29, 0.717) is 31.8 Å². The number of rotatable bonds is 8. The van der Waals surface area contributed by atoms with Crippen molar-refractivity contribution in [2.45, 2.75) is 12.8 Å². The van der Waals surface area contributed by atoms with Gasteiger partial charge in [-0.25, -0.2) is 4.98 Å². The second-order valence-corrected chi connectivity index (χ2v) is 4.86. The van der Waals surface area contributed by atoms with Gasteiger partial charge in [0, 0.05) is 31.5 Å². The van der Waals surface area contributed by atoms with Crippen molar-refractivity contribution in [3.05, 3.63) is 67.7 Å². The van der Waals surface area contributed by atoms with Gasteiger partial charge in [-0.15, -0.1) is 13.2 Å². The highest BCUT2D eigenvalue weighted by Gasteiger charge is 2.13. The number of carbonyl (C=O) groups is 1. The van der Waals surface area contributed by atoms with Crippen LogP contribution in [0.25, 0.3) is 11.3 Å². The molecule has 1 amide bonds. The molecule has 0 saturated carbocycles. The number of benzene rings is 1. The minimum atomic E-state index is 0.0410. The fourth-order valence-electron chi connectivity index (χ4n) is 2.12. The van der Waals surface area contributed by atoms with Crippen LogP contribution in [0.4, 0.5) is 0 Å². The summed E-state index contributed by atoms with van der Waals surface area (Å²) in [7, 11) is 0. The van der Waals surface area contributed by atoms with Gasteiger partial charge in [0.05, 0.1) is 6.20 Å². The van der Waals surface area contributed by atoms with Crippen molar-refractivity contribution in [2.24, 2.45) is 0 Å². The first kappa shape index (κ1) is 15.8. The van der Waals surface area contributed by atoms with E-state index in [1.807, 2.05) is 30.3 Å². The van der Waals surface area contributed by atoms with E-state index in [1.54, 1.807) is 23.2 Å². The summed E-state index contributed by atoms with van der Waals surface area (Å²) in [6.45, 7) is 8.36. The summed E-state index contributed by atoms with van der Waals surface area (Å²) in [5.74, 6) is 1.33.